The number of hydrogen-bond acceptors (Lipinski definition) is 45. The van der Waals surface area contributed by atoms with Gasteiger partial charge < -0.3 is 224 Å². The molecule has 0 aliphatic carbocycles. The first-order chi connectivity index (χ1) is 52.5. The Labute approximate surface area is 629 Å². The lowest BCUT2D eigenvalue weighted by Gasteiger charge is -2.51. The summed E-state index contributed by atoms with van der Waals surface area (Å²) in [6.07, 6.45) is -80.3. The van der Waals surface area contributed by atoms with E-state index in [1.165, 1.54) is 6.92 Å². The largest absolute Gasteiger partial charge is 0.394 e. The van der Waals surface area contributed by atoms with Gasteiger partial charge in [0.15, 0.2) is 56.6 Å². The van der Waals surface area contributed by atoms with Gasteiger partial charge in [-0.15, -0.1) is 0 Å². The van der Waals surface area contributed by atoms with Crippen LogP contribution in [0.4, 0.5) is 0 Å². The molecule has 0 unspecified atom stereocenters. The number of carbonyl (C=O) groups is 4. The molecular formula is C62H104N4O45. The van der Waals surface area contributed by atoms with Gasteiger partial charge in [0.1, 0.15) is 213 Å². The third kappa shape index (κ3) is 20.2. The highest BCUT2D eigenvalue weighted by Crippen LogP contribution is 2.40. The van der Waals surface area contributed by atoms with Crippen LogP contribution in [0.1, 0.15) is 34.6 Å². The monoisotopic (exact) mass is 1620 g/mol. The Hall–Kier alpha value is -3.76. The molecule has 9 heterocycles. The number of ether oxygens (including phenoxy) is 17. The Morgan fingerprint density at radius 2 is 0.541 bits per heavy atom. The summed E-state index contributed by atoms with van der Waals surface area (Å²) >= 11 is 0. The summed E-state index contributed by atoms with van der Waals surface area (Å²) in [5.41, 5.74) is 0. The van der Waals surface area contributed by atoms with Crippen LogP contribution < -0.4 is 21.3 Å². The molecule has 0 saturated carbocycles. The van der Waals surface area contributed by atoms with E-state index >= 15 is 0 Å². The van der Waals surface area contributed by atoms with Crippen molar-refractivity contribution < 1.29 is 222 Å². The van der Waals surface area contributed by atoms with Gasteiger partial charge in [0.25, 0.3) is 0 Å². The second kappa shape index (κ2) is 39.7. The Morgan fingerprint density at radius 3 is 0.946 bits per heavy atom. The fraction of sp³-hybridized carbons (Fsp3) is 0.935. The Morgan fingerprint density at radius 1 is 0.252 bits per heavy atom. The second-order valence-electron chi connectivity index (χ2n) is 28.1. The average Bonchev–Trinajstić information content (AvgIpc) is 0.772. The molecule has 0 aromatic rings. The SMILES string of the molecule is CC(=O)N[C@@H]1[C@@H](O[C@@H]2O[C@H](CO)[C@H](O)[C@H](O[C@@H]3O[C@H](CO)[C@@H](O[C@@H]4O[C@H](CO)[C@H](O)[C@H](O)[C@H]4O)[C@H](O)[C@H]3NC(C)=O)[C@H]2O)[C@@H](O)[C@@H](CO[C@@H]2O[C@H](CO)[C@@H](O[C@@H]3O[C@H](CO)[C@H](O)[C@H](O[C@@H]4O[C@H](CO)[C@@H](O[C@@H]5O[C@H](CO)[C@H](O)[C@H](O)[C@H]5O[C@@H]5O[C@@H](C)[C@@H](O)[C@@H](O)[C@@H]5O)[C@H](O)[C@H]4NC(C)=O)[C@H]3O)[C@H](O)[C@H]2NC(C)=O)O[C@@H]1O. The molecule has 4 amide bonds. The van der Waals surface area contributed by atoms with Crippen LogP contribution in [0.15, 0.2) is 0 Å². The summed E-state index contributed by atoms with van der Waals surface area (Å²) in [7, 11) is 0. The minimum atomic E-state index is -2.32. The first-order valence-corrected chi connectivity index (χ1v) is 35.5. The maximum absolute atomic E-state index is 12.9. The van der Waals surface area contributed by atoms with Gasteiger partial charge in [-0.05, 0) is 6.92 Å². The molecule has 9 aliphatic heterocycles. The summed E-state index contributed by atoms with van der Waals surface area (Å²) < 4.78 is 99.3. The highest BCUT2D eigenvalue weighted by molar-refractivity contribution is 5.74. The van der Waals surface area contributed by atoms with Crippen LogP contribution in [0.25, 0.3) is 0 Å². The lowest BCUT2D eigenvalue weighted by atomic mass is 9.94. The zero-order valence-electron chi connectivity index (χ0n) is 59.9. The number of hydrogen-bond donors (Lipinski definition) is 28. The molecule has 642 valence electrons. The summed E-state index contributed by atoms with van der Waals surface area (Å²) in [5.74, 6) is -3.57. The lowest BCUT2D eigenvalue weighted by molar-refractivity contribution is -0.390. The van der Waals surface area contributed by atoms with E-state index in [1.807, 2.05) is 0 Å². The Bertz CT molecular complexity index is 2950. The van der Waals surface area contributed by atoms with Crippen LogP contribution in [0.2, 0.25) is 0 Å². The first-order valence-electron chi connectivity index (χ1n) is 35.5. The van der Waals surface area contributed by atoms with E-state index in [-0.39, 0.29) is 0 Å². The van der Waals surface area contributed by atoms with Crippen molar-refractivity contribution in [2.45, 2.75) is 311 Å². The number of aliphatic hydroxyl groups excluding tert-OH is 24. The van der Waals surface area contributed by atoms with Gasteiger partial charge in [-0.1, -0.05) is 0 Å². The molecule has 9 fully saturated rings. The van der Waals surface area contributed by atoms with E-state index in [1.54, 1.807) is 0 Å². The first kappa shape index (κ1) is 91.1. The van der Waals surface area contributed by atoms with Gasteiger partial charge in [-0.3, -0.25) is 19.2 Å². The van der Waals surface area contributed by atoms with Crippen LogP contribution in [0.5, 0.6) is 0 Å². The van der Waals surface area contributed by atoms with Crippen LogP contribution in [-0.2, 0) is 99.7 Å². The average molecular weight is 1630 g/mol. The summed E-state index contributed by atoms with van der Waals surface area (Å²) in [5, 5.41) is 274. The molecule has 0 aromatic carbocycles. The number of carbonyl (C=O) groups excluding carboxylic acids is 4. The van der Waals surface area contributed by atoms with Crippen LogP contribution in [0.3, 0.4) is 0 Å². The van der Waals surface area contributed by atoms with Crippen LogP contribution in [-0.4, -0.2) is 475 Å². The van der Waals surface area contributed by atoms with Crippen molar-refractivity contribution >= 4 is 23.6 Å². The fourth-order valence-corrected chi connectivity index (χ4v) is 14.4. The van der Waals surface area contributed by atoms with Gasteiger partial charge in [0.2, 0.25) is 23.6 Å². The molecule has 0 radical (unpaired) electrons. The summed E-state index contributed by atoms with van der Waals surface area (Å²) in [6, 6.07) is -7.33. The number of nitrogens with one attached hydrogen (secondary N) is 4. The maximum Gasteiger partial charge on any atom is 0.217 e. The molecule has 28 N–H and O–H groups in total. The van der Waals surface area contributed by atoms with E-state index < -0.39 is 353 Å². The van der Waals surface area contributed by atoms with Gasteiger partial charge >= 0.3 is 0 Å². The predicted molar refractivity (Wildman–Crippen MR) is 342 cm³/mol. The van der Waals surface area contributed by atoms with Crippen molar-refractivity contribution in [1.82, 2.24) is 21.3 Å². The van der Waals surface area contributed by atoms with Gasteiger partial charge in [-0.25, -0.2) is 0 Å². The molecule has 9 saturated heterocycles. The van der Waals surface area contributed by atoms with E-state index in [9.17, 15) is 142 Å². The lowest BCUT2D eigenvalue weighted by Crippen LogP contribution is -2.70. The third-order valence-electron chi connectivity index (χ3n) is 20.3. The smallest absolute Gasteiger partial charge is 0.217 e. The Balaban J connectivity index is 0.891. The zero-order valence-corrected chi connectivity index (χ0v) is 59.9. The van der Waals surface area contributed by atoms with Crippen molar-refractivity contribution in [1.29, 1.82) is 0 Å². The minimum absolute atomic E-state index is 0.874. The maximum atomic E-state index is 12.9. The van der Waals surface area contributed by atoms with Gasteiger partial charge in [0.05, 0.1) is 59.0 Å². The molecule has 111 heavy (non-hydrogen) atoms. The third-order valence-corrected chi connectivity index (χ3v) is 20.3. The molecular weight excluding hydrogens is 1520 g/mol. The van der Waals surface area contributed by atoms with Crippen molar-refractivity contribution in [2.24, 2.45) is 0 Å². The molecule has 49 heteroatoms. The van der Waals surface area contributed by atoms with Crippen molar-refractivity contribution in [3.8, 4) is 0 Å². The van der Waals surface area contributed by atoms with Crippen molar-refractivity contribution in [3.05, 3.63) is 0 Å². The molecule has 9 rings (SSSR count). The van der Waals surface area contributed by atoms with E-state index in [4.69, 9.17) is 80.5 Å². The number of rotatable bonds is 28. The molecule has 0 aromatic heterocycles. The summed E-state index contributed by atoms with van der Waals surface area (Å²) in [6.45, 7) is -3.13. The van der Waals surface area contributed by atoms with Crippen molar-refractivity contribution in [2.75, 3.05) is 52.9 Å². The van der Waals surface area contributed by atoms with Gasteiger partial charge in [-0.2, -0.15) is 0 Å². The standard InChI is InChI=1S/C62H104N4O45/c1-14-31(78)40(87)43(90)58(96-14)111-53-42(89)33(80)20(7-68)101-62(53)107-49-25(12-73)104-57(29(39(49)86)65-17(4)76)109-51-34(81)21(8-69)99-60(45(51)92)106-47-23(10-71)102-55(27(37(47)84)63-15(2)74)95-13-26-36(83)50(30(54(94)97-26)66-18(5)77)108-61-46(93)52(35(82)22(9-70)100-61)110-56-28(64-16(3)75)38(85)48(24(11-72)103-56)105-59-44(91)41(88)32(79)19(6-67)98-59/h14,19-62,67-73,78-94H,6-13H2,1-5H3,(H,63,74)(H,64,75)(H,65,76)(H,66,77)/t14-,19+,20+,21+,22+,23+,24+,25+,26+,27+,28+,29+,30+,31+,32-,33-,34-,35-,36-,37+,38+,39+,40+,41-,42-,43-,44+,45+,46+,47+,48+,49+,50+,51-,52-,53+,54-,55+,56-,57-,58-,59-,60-,61-,62-/m0/s1. The highest BCUT2D eigenvalue weighted by Gasteiger charge is 2.61. The quantitative estimate of drug-likeness (QED) is 0.0346. The van der Waals surface area contributed by atoms with Crippen LogP contribution in [0, 0.1) is 0 Å². The normalized spacial score (nSPS) is 49.3. The van der Waals surface area contributed by atoms with E-state index in [0.29, 0.717) is 0 Å². The van der Waals surface area contributed by atoms with Crippen LogP contribution >= 0.6 is 0 Å². The molecule has 9 aliphatic rings. The van der Waals surface area contributed by atoms with E-state index in [2.05, 4.69) is 21.3 Å². The topological polar surface area (TPSA) is 759 Å². The molecule has 0 bridgehead atoms. The Kier molecular flexibility index (Phi) is 32.6. The summed E-state index contributed by atoms with van der Waals surface area (Å²) in [4.78, 5) is 51.1. The zero-order chi connectivity index (χ0) is 81.8. The molecule has 45 atom stereocenters. The van der Waals surface area contributed by atoms with Crippen molar-refractivity contribution in [3.63, 3.8) is 0 Å². The predicted octanol–water partition coefficient (Wildman–Crippen LogP) is -19.0. The molecule has 0 spiro atoms. The second-order valence-corrected chi connectivity index (χ2v) is 28.1. The minimum Gasteiger partial charge on any atom is -0.394 e. The van der Waals surface area contributed by atoms with E-state index in [0.717, 1.165) is 27.7 Å². The van der Waals surface area contributed by atoms with Gasteiger partial charge in [0, 0.05) is 27.7 Å². The fourth-order valence-electron chi connectivity index (χ4n) is 14.4. The highest BCUT2D eigenvalue weighted by atomic mass is 16.8. The number of amides is 4. The molecule has 49 nitrogen and oxygen atoms in total. The number of aliphatic hydroxyl groups is 24.